The molecule has 4 heterocycles. The van der Waals surface area contributed by atoms with Crippen LogP contribution < -0.4 is 4.90 Å². The fourth-order valence-electron chi connectivity index (χ4n) is 4.13. The van der Waals surface area contributed by atoms with Gasteiger partial charge in [-0.2, -0.15) is 4.36 Å². The molecule has 0 amide bonds. The number of morpholine rings is 1. The van der Waals surface area contributed by atoms with Gasteiger partial charge in [-0.15, -0.1) is 0 Å². The molecule has 8 heteroatoms. The maximum Gasteiger partial charge on any atom is 0.142 e. The van der Waals surface area contributed by atoms with Gasteiger partial charge in [0.1, 0.15) is 17.8 Å². The number of hydrogen-bond acceptors (Lipinski definition) is 6. The molecule has 0 saturated carbocycles. The Morgan fingerprint density at radius 3 is 2.79 bits per heavy atom. The van der Waals surface area contributed by atoms with Gasteiger partial charge in [0.25, 0.3) is 0 Å². The molecule has 1 aromatic carbocycles. The largest absolute Gasteiger partial charge is 0.371 e. The Hall–Kier alpha value is -2.45. The second kappa shape index (κ2) is 6.86. The molecule has 2 aromatic heterocycles. The van der Waals surface area contributed by atoms with Crippen LogP contribution >= 0.6 is 0 Å². The fourth-order valence-corrected chi connectivity index (χ4v) is 6.40. The van der Waals surface area contributed by atoms with Crippen LogP contribution in [0.1, 0.15) is 12.8 Å². The van der Waals surface area contributed by atoms with Crippen LogP contribution in [0, 0.1) is 0 Å². The van der Waals surface area contributed by atoms with Crippen molar-refractivity contribution in [3.63, 3.8) is 0 Å². The van der Waals surface area contributed by atoms with Gasteiger partial charge in [0, 0.05) is 30.8 Å². The van der Waals surface area contributed by atoms with E-state index < -0.39 is 9.73 Å². The lowest BCUT2D eigenvalue weighted by Gasteiger charge is -2.45. The maximum absolute atomic E-state index is 13.2. The summed E-state index contributed by atoms with van der Waals surface area (Å²) in [6, 6.07) is 11.6. The lowest BCUT2D eigenvalue weighted by Crippen LogP contribution is -2.55. The number of ether oxygens (including phenoxy) is 1. The summed E-state index contributed by atoms with van der Waals surface area (Å²) in [4.78, 5) is 14.2. The predicted octanol–water partition coefficient (Wildman–Crippen LogP) is 3.13. The van der Waals surface area contributed by atoms with Gasteiger partial charge in [-0.1, -0.05) is 18.2 Å². The molecule has 0 radical (unpaired) electrons. The van der Waals surface area contributed by atoms with Crippen LogP contribution in [-0.4, -0.2) is 56.0 Å². The van der Waals surface area contributed by atoms with Gasteiger partial charge in [-0.25, -0.2) is 14.2 Å². The number of aromatic nitrogens is 3. The van der Waals surface area contributed by atoms with Crippen LogP contribution in [0.5, 0.6) is 0 Å². The van der Waals surface area contributed by atoms with E-state index in [1.54, 1.807) is 6.33 Å². The Labute approximate surface area is 164 Å². The van der Waals surface area contributed by atoms with E-state index in [4.69, 9.17) is 4.74 Å². The van der Waals surface area contributed by atoms with Crippen molar-refractivity contribution in [2.75, 3.05) is 36.1 Å². The first-order valence-electron chi connectivity index (χ1n) is 9.59. The Balaban J connectivity index is 1.37. The zero-order valence-corrected chi connectivity index (χ0v) is 16.4. The summed E-state index contributed by atoms with van der Waals surface area (Å²) in [6.07, 6.45) is 4.99. The second-order valence-corrected chi connectivity index (χ2v) is 10.0. The first kappa shape index (κ1) is 17.6. The summed E-state index contributed by atoms with van der Waals surface area (Å²) < 4.78 is 24.0. The minimum atomic E-state index is -2.23. The van der Waals surface area contributed by atoms with Gasteiger partial charge in [0.2, 0.25) is 0 Å². The molecule has 1 N–H and O–H groups in total. The molecule has 3 aromatic rings. The summed E-state index contributed by atoms with van der Waals surface area (Å²) >= 11 is 0. The van der Waals surface area contributed by atoms with Crippen molar-refractivity contribution in [1.82, 2.24) is 15.0 Å². The lowest BCUT2D eigenvalue weighted by molar-refractivity contribution is -0.0614. The van der Waals surface area contributed by atoms with Crippen LogP contribution in [0.2, 0.25) is 0 Å². The van der Waals surface area contributed by atoms with Gasteiger partial charge in [0.05, 0.1) is 33.0 Å². The van der Waals surface area contributed by atoms with Crippen molar-refractivity contribution in [2.45, 2.75) is 18.4 Å². The zero-order chi connectivity index (χ0) is 19.0. The highest BCUT2D eigenvalue weighted by molar-refractivity contribution is 7.93. The standard InChI is InChI=1S/C20H23N5O2S/c26-28(24-16-4-2-1-3-5-16)12-7-20(8-13-28)14-25(10-11-27-20)19-17-6-9-21-18(17)22-15-23-19/h1-6,9,15H,7-8,10-14H2,(H,21,22,23). The summed E-state index contributed by atoms with van der Waals surface area (Å²) in [5.41, 5.74) is 1.36. The minimum Gasteiger partial charge on any atom is -0.371 e. The topological polar surface area (TPSA) is 83.5 Å². The minimum absolute atomic E-state index is 0.279. The molecule has 0 bridgehead atoms. The highest BCUT2D eigenvalue weighted by atomic mass is 32.2. The van der Waals surface area contributed by atoms with E-state index >= 15 is 0 Å². The summed E-state index contributed by atoms with van der Waals surface area (Å²) in [7, 11) is -2.23. The van der Waals surface area contributed by atoms with Crippen LogP contribution in [-0.2, 0) is 14.5 Å². The van der Waals surface area contributed by atoms with Crippen LogP contribution in [0.25, 0.3) is 11.0 Å². The Kier molecular flexibility index (Phi) is 4.32. The third kappa shape index (κ3) is 3.27. The van der Waals surface area contributed by atoms with Gasteiger partial charge in [0.15, 0.2) is 0 Å². The van der Waals surface area contributed by atoms with E-state index in [1.165, 1.54) is 0 Å². The number of aromatic amines is 1. The monoisotopic (exact) mass is 397 g/mol. The molecule has 0 aliphatic carbocycles. The zero-order valence-electron chi connectivity index (χ0n) is 15.6. The molecule has 0 atom stereocenters. The predicted molar refractivity (Wildman–Crippen MR) is 110 cm³/mol. The van der Waals surface area contributed by atoms with Crippen molar-refractivity contribution >= 4 is 32.3 Å². The molecule has 2 aliphatic heterocycles. The van der Waals surface area contributed by atoms with Crippen molar-refractivity contribution in [1.29, 1.82) is 0 Å². The van der Waals surface area contributed by atoms with E-state index in [2.05, 4.69) is 24.2 Å². The fraction of sp³-hybridized carbons (Fsp3) is 0.400. The van der Waals surface area contributed by atoms with Gasteiger partial charge >= 0.3 is 0 Å². The van der Waals surface area contributed by atoms with E-state index in [1.807, 2.05) is 42.6 Å². The molecule has 5 rings (SSSR count). The third-order valence-electron chi connectivity index (χ3n) is 5.66. The average molecular weight is 398 g/mol. The molecule has 0 unspecified atom stereocenters. The van der Waals surface area contributed by atoms with Crippen molar-refractivity contribution in [3.8, 4) is 0 Å². The first-order chi connectivity index (χ1) is 13.6. The number of nitrogens with zero attached hydrogens (tertiary/aromatic N) is 4. The average Bonchev–Trinajstić information content (AvgIpc) is 3.21. The second-order valence-electron chi connectivity index (χ2n) is 7.50. The molecule has 1 spiro atoms. The van der Waals surface area contributed by atoms with Crippen LogP contribution in [0.4, 0.5) is 11.5 Å². The summed E-state index contributed by atoms with van der Waals surface area (Å²) in [5.74, 6) is 2.08. The van der Waals surface area contributed by atoms with Crippen molar-refractivity contribution in [2.24, 2.45) is 4.36 Å². The molecular formula is C20H23N5O2S. The number of benzene rings is 1. The number of nitrogens with one attached hydrogen (secondary N) is 1. The first-order valence-corrected chi connectivity index (χ1v) is 11.4. The summed E-state index contributed by atoms with van der Waals surface area (Å²) in [5, 5.41) is 1.03. The van der Waals surface area contributed by atoms with E-state index in [0.29, 0.717) is 18.1 Å². The molecular weight excluding hydrogens is 374 g/mol. The molecule has 2 aliphatic rings. The Morgan fingerprint density at radius 2 is 1.96 bits per heavy atom. The van der Waals surface area contributed by atoms with Gasteiger partial charge in [-0.3, -0.25) is 0 Å². The number of anilines is 1. The summed E-state index contributed by atoms with van der Waals surface area (Å²) in [6.45, 7) is 2.20. The smallest absolute Gasteiger partial charge is 0.142 e. The number of hydrogen-bond donors (Lipinski definition) is 1. The third-order valence-corrected chi connectivity index (χ3v) is 7.89. The molecule has 2 saturated heterocycles. The number of H-pyrrole nitrogens is 1. The van der Waals surface area contributed by atoms with Crippen LogP contribution in [0.3, 0.4) is 0 Å². The van der Waals surface area contributed by atoms with Crippen LogP contribution in [0.15, 0.2) is 53.3 Å². The van der Waals surface area contributed by atoms with Crippen molar-refractivity contribution < 1.29 is 8.95 Å². The quantitative estimate of drug-likeness (QED) is 0.718. The number of rotatable bonds is 2. The van der Waals surface area contributed by atoms with E-state index in [-0.39, 0.29) is 5.60 Å². The molecule has 7 nitrogen and oxygen atoms in total. The lowest BCUT2D eigenvalue weighted by atomic mass is 9.94. The van der Waals surface area contributed by atoms with Crippen molar-refractivity contribution in [3.05, 3.63) is 48.9 Å². The molecule has 146 valence electrons. The van der Waals surface area contributed by atoms with Gasteiger partial charge < -0.3 is 14.6 Å². The highest BCUT2D eigenvalue weighted by Gasteiger charge is 2.41. The normalized spacial score (nSPS) is 27.9. The van der Waals surface area contributed by atoms with E-state index in [0.717, 1.165) is 48.5 Å². The molecule has 28 heavy (non-hydrogen) atoms. The maximum atomic E-state index is 13.2. The Bertz CT molecular complexity index is 1090. The van der Waals surface area contributed by atoms with Gasteiger partial charge in [-0.05, 0) is 31.0 Å². The molecule has 2 fully saturated rings. The van der Waals surface area contributed by atoms with E-state index in [9.17, 15) is 4.21 Å². The number of fused-ring (bicyclic) bond motifs is 1. The Morgan fingerprint density at radius 1 is 1.14 bits per heavy atom. The SMILES string of the molecule is O=S1(=Nc2ccccc2)CCC2(CC1)CN(c1ncnc3[nH]ccc13)CCO2. The highest BCUT2D eigenvalue weighted by Crippen LogP contribution is 2.35.